The highest BCUT2D eigenvalue weighted by Gasteiger charge is 2.11. The fourth-order valence-electron chi connectivity index (χ4n) is 2.53. The fourth-order valence-corrected chi connectivity index (χ4v) is 2.53. The molecule has 0 aliphatic rings. The fraction of sp³-hybridized carbons (Fsp3) is 0.227. The number of rotatable bonds is 11. The Labute approximate surface area is 189 Å². The zero-order valence-corrected chi connectivity index (χ0v) is 18.0. The second-order valence-corrected chi connectivity index (χ2v) is 6.53. The van der Waals surface area contributed by atoms with E-state index in [1.807, 2.05) is 0 Å². The summed E-state index contributed by atoms with van der Waals surface area (Å²) in [5.74, 6) is -0.590. The van der Waals surface area contributed by atoms with Gasteiger partial charge in [-0.3, -0.25) is 24.8 Å². The molecule has 11 heteroatoms. The lowest BCUT2D eigenvalue weighted by Gasteiger charge is -2.10. The molecule has 0 aliphatic heterocycles. The normalized spacial score (nSPS) is 10.8. The van der Waals surface area contributed by atoms with Gasteiger partial charge in [-0.15, -0.1) is 0 Å². The molecule has 0 saturated carbocycles. The number of ether oxygens (including phenoxy) is 3. The second-order valence-electron chi connectivity index (χ2n) is 6.53. The quantitative estimate of drug-likeness (QED) is 0.150. The maximum Gasteiger partial charge on any atom is 0.336 e. The summed E-state index contributed by atoms with van der Waals surface area (Å²) in [6.45, 7) is 1.31. The van der Waals surface area contributed by atoms with Crippen LogP contribution in [0, 0.1) is 0 Å². The van der Waals surface area contributed by atoms with Gasteiger partial charge < -0.3 is 19.5 Å². The lowest BCUT2D eigenvalue weighted by Crippen LogP contribution is -2.16. The number of benzene rings is 2. The number of hydrogen-bond acceptors (Lipinski definition) is 10. The van der Waals surface area contributed by atoms with E-state index in [2.05, 4.69) is 10.2 Å². The molecule has 0 heterocycles. The first-order valence-corrected chi connectivity index (χ1v) is 9.74. The third-order valence-corrected chi connectivity index (χ3v) is 3.95. The Bertz CT molecular complexity index is 988. The van der Waals surface area contributed by atoms with Crippen LogP contribution in [0.15, 0.2) is 48.5 Å². The van der Waals surface area contributed by atoms with Gasteiger partial charge in [0.05, 0.1) is 19.1 Å². The number of methoxy groups -OCH3 is 1. The van der Waals surface area contributed by atoms with Gasteiger partial charge >= 0.3 is 11.9 Å². The van der Waals surface area contributed by atoms with E-state index >= 15 is 0 Å². The van der Waals surface area contributed by atoms with E-state index in [0.29, 0.717) is 17.0 Å². The molecule has 0 saturated heterocycles. The Morgan fingerprint density at radius 1 is 1.03 bits per heavy atom. The van der Waals surface area contributed by atoms with E-state index in [0.717, 1.165) is 0 Å². The Balaban J connectivity index is 1.91. The molecule has 2 rings (SSSR count). The molecule has 0 atom stereocenters. The predicted molar refractivity (Wildman–Crippen MR) is 115 cm³/mol. The highest BCUT2D eigenvalue weighted by atomic mass is 17.1. The van der Waals surface area contributed by atoms with Crippen LogP contribution in [0.5, 0.6) is 17.2 Å². The standard InChI is InChI=1S/C22H24N2O9/c1-15(25)23-17-7-9-18(10-8-17)32-22(27)12-6-16-5-11-19(20(14-16)30-2)33-21(26)4-3-13-31-24(28)29/h5-12,14,28-29H,3-4,13H2,1-2H3,(H,23,25)/b12-6+. The summed E-state index contributed by atoms with van der Waals surface area (Å²) in [7, 11) is 1.41. The van der Waals surface area contributed by atoms with Crippen molar-refractivity contribution in [2.75, 3.05) is 19.0 Å². The van der Waals surface area contributed by atoms with Crippen molar-refractivity contribution in [2.24, 2.45) is 0 Å². The number of carbonyl (C=O) groups is 3. The third-order valence-electron chi connectivity index (χ3n) is 3.95. The summed E-state index contributed by atoms with van der Waals surface area (Å²) >= 11 is 0. The summed E-state index contributed by atoms with van der Waals surface area (Å²) in [4.78, 5) is 39.3. The minimum absolute atomic E-state index is 0.0176. The zero-order chi connectivity index (χ0) is 24.2. The minimum atomic E-state index is -0.608. The molecule has 0 bridgehead atoms. The number of nitrogens with zero attached hydrogens (tertiary/aromatic N) is 1. The van der Waals surface area contributed by atoms with Crippen LogP contribution in [0.4, 0.5) is 5.69 Å². The lowest BCUT2D eigenvalue weighted by atomic mass is 10.2. The highest BCUT2D eigenvalue weighted by Crippen LogP contribution is 2.29. The van der Waals surface area contributed by atoms with E-state index in [9.17, 15) is 14.4 Å². The highest BCUT2D eigenvalue weighted by molar-refractivity contribution is 5.90. The van der Waals surface area contributed by atoms with Gasteiger partial charge in [0.2, 0.25) is 5.91 Å². The third kappa shape index (κ3) is 9.49. The molecule has 3 N–H and O–H groups in total. The molecule has 2 aromatic carbocycles. The summed E-state index contributed by atoms with van der Waals surface area (Å²) < 4.78 is 15.7. The van der Waals surface area contributed by atoms with Gasteiger partial charge in [-0.05, 0) is 54.5 Å². The first-order chi connectivity index (χ1) is 15.8. The van der Waals surface area contributed by atoms with Crippen molar-refractivity contribution < 1.29 is 43.8 Å². The van der Waals surface area contributed by atoms with E-state index in [-0.39, 0.29) is 36.9 Å². The van der Waals surface area contributed by atoms with Gasteiger partial charge in [-0.2, -0.15) is 0 Å². The van der Waals surface area contributed by atoms with Gasteiger partial charge in [-0.25, -0.2) is 4.79 Å². The Kier molecular flexibility index (Phi) is 9.99. The van der Waals surface area contributed by atoms with Crippen LogP contribution in [-0.4, -0.2) is 47.4 Å². The van der Waals surface area contributed by atoms with E-state index in [4.69, 9.17) is 24.6 Å². The monoisotopic (exact) mass is 460 g/mol. The van der Waals surface area contributed by atoms with E-state index in [1.54, 1.807) is 36.4 Å². The summed E-state index contributed by atoms with van der Waals surface area (Å²) in [6.07, 6.45) is 2.93. The first kappa shape index (κ1) is 25.5. The number of anilines is 1. The van der Waals surface area contributed by atoms with Crippen LogP contribution in [0.2, 0.25) is 0 Å². The van der Waals surface area contributed by atoms with E-state index in [1.165, 1.54) is 32.3 Å². The maximum absolute atomic E-state index is 12.1. The molecule has 0 radical (unpaired) electrons. The van der Waals surface area contributed by atoms with Gasteiger partial charge in [0, 0.05) is 25.1 Å². The Hall–Kier alpha value is -3.77. The molecular formula is C22H24N2O9. The van der Waals surface area contributed by atoms with Crippen LogP contribution < -0.4 is 19.5 Å². The number of carbonyl (C=O) groups excluding carboxylic acids is 3. The van der Waals surface area contributed by atoms with Crippen molar-refractivity contribution in [1.29, 1.82) is 0 Å². The Morgan fingerprint density at radius 3 is 2.39 bits per heavy atom. The van der Waals surface area contributed by atoms with Crippen molar-refractivity contribution >= 4 is 29.6 Å². The average molecular weight is 460 g/mol. The molecule has 0 unspecified atom stereocenters. The predicted octanol–water partition coefficient (Wildman–Crippen LogP) is 2.97. The number of nitrogens with one attached hydrogen (secondary N) is 1. The van der Waals surface area contributed by atoms with Crippen molar-refractivity contribution in [3.63, 3.8) is 0 Å². The van der Waals surface area contributed by atoms with Crippen molar-refractivity contribution in [1.82, 2.24) is 5.39 Å². The number of hydrogen-bond donors (Lipinski definition) is 3. The number of esters is 2. The van der Waals surface area contributed by atoms with Crippen molar-refractivity contribution in [3.05, 3.63) is 54.1 Å². The molecule has 0 fully saturated rings. The topological polar surface area (TPSA) is 144 Å². The van der Waals surface area contributed by atoms with Gasteiger partial charge in [0.1, 0.15) is 5.75 Å². The first-order valence-electron chi connectivity index (χ1n) is 9.74. The largest absolute Gasteiger partial charge is 0.493 e. The number of amides is 1. The Morgan fingerprint density at radius 2 is 1.76 bits per heavy atom. The summed E-state index contributed by atoms with van der Waals surface area (Å²) in [5.41, 5.74) is 1.19. The SMILES string of the molecule is COc1cc(/C=C/C(=O)Oc2ccc(NC(C)=O)cc2)ccc1OC(=O)CCCON(O)O. The van der Waals surface area contributed by atoms with Crippen LogP contribution >= 0.6 is 0 Å². The molecule has 33 heavy (non-hydrogen) atoms. The van der Waals surface area contributed by atoms with Crippen LogP contribution in [0.1, 0.15) is 25.3 Å². The second kappa shape index (κ2) is 12.9. The van der Waals surface area contributed by atoms with Crippen LogP contribution in [-0.2, 0) is 19.2 Å². The smallest absolute Gasteiger partial charge is 0.336 e. The van der Waals surface area contributed by atoms with Gasteiger partial charge in [-0.1, -0.05) is 6.07 Å². The maximum atomic E-state index is 12.1. The molecule has 1 amide bonds. The molecular weight excluding hydrogens is 436 g/mol. The molecule has 0 aromatic heterocycles. The lowest BCUT2D eigenvalue weighted by molar-refractivity contribution is -0.492. The van der Waals surface area contributed by atoms with Crippen molar-refractivity contribution in [2.45, 2.75) is 19.8 Å². The summed E-state index contributed by atoms with van der Waals surface area (Å²) in [6, 6.07) is 11.0. The van der Waals surface area contributed by atoms with Gasteiger partial charge in [0.15, 0.2) is 11.5 Å². The van der Waals surface area contributed by atoms with Gasteiger partial charge in [0.25, 0.3) is 0 Å². The zero-order valence-electron chi connectivity index (χ0n) is 18.0. The van der Waals surface area contributed by atoms with E-state index < -0.39 is 17.3 Å². The average Bonchev–Trinajstić information content (AvgIpc) is 2.77. The molecule has 0 spiro atoms. The molecule has 2 aromatic rings. The van der Waals surface area contributed by atoms with Crippen LogP contribution in [0.3, 0.4) is 0 Å². The van der Waals surface area contributed by atoms with Crippen molar-refractivity contribution in [3.8, 4) is 17.2 Å². The molecule has 0 aliphatic carbocycles. The molecule has 11 nitrogen and oxygen atoms in total. The minimum Gasteiger partial charge on any atom is -0.493 e. The molecule has 176 valence electrons. The van der Waals surface area contributed by atoms with Crippen LogP contribution in [0.25, 0.3) is 6.08 Å². The summed E-state index contributed by atoms with van der Waals surface area (Å²) in [5, 5.41) is 19.0.